The third kappa shape index (κ3) is 5.95. The number of carbonyl (C=O) groups is 1. The highest BCUT2D eigenvalue weighted by atomic mass is 35.5. The Hall–Kier alpha value is -3.54. The molecule has 0 radical (unpaired) electrons. The molecule has 0 spiro atoms. The number of hydrogen-bond acceptors (Lipinski definition) is 4. The van der Waals surface area contributed by atoms with Crippen molar-refractivity contribution in [1.29, 1.82) is 0 Å². The number of alkyl halides is 3. The number of amides is 1. The minimum atomic E-state index is -4.50. The van der Waals surface area contributed by atoms with Crippen LogP contribution in [0.3, 0.4) is 0 Å². The zero-order valence-corrected chi connectivity index (χ0v) is 21.8. The first-order valence-corrected chi connectivity index (χ1v) is 13.4. The summed E-state index contributed by atoms with van der Waals surface area (Å²) in [5.74, 6) is -0.785. The van der Waals surface area contributed by atoms with Crippen molar-refractivity contribution in [3.05, 3.63) is 110 Å². The third-order valence-corrected chi connectivity index (χ3v) is 7.17. The van der Waals surface area contributed by atoms with E-state index in [0.717, 1.165) is 23.1 Å². The van der Waals surface area contributed by atoms with Crippen LogP contribution in [0.25, 0.3) is 5.69 Å². The third-order valence-electron chi connectivity index (χ3n) is 5.51. The highest BCUT2D eigenvalue weighted by molar-refractivity contribution is 7.90. The molecule has 7 nitrogen and oxygen atoms in total. The van der Waals surface area contributed by atoms with Gasteiger partial charge in [-0.05, 0) is 60.2 Å². The summed E-state index contributed by atoms with van der Waals surface area (Å²) < 4.78 is 64.7. The van der Waals surface area contributed by atoms with Crippen molar-refractivity contribution in [2.75, 3.05) is 11.6 Å². The Bertz CT molecular complexity index is 1680. The fourth-order valence-corrected chi connectivity index (χ4v) is 4.75. The minimum absolute atomic E-state index is 0.0536. The standard InChI is InChI=1S/C25H18Cl2F3N3O4S/c1-38(36,37)19-9-7-18(8-10-19)31-23(34)20-14-32(13-15-2-4-16(5-3-15)25(28,29)30)33(24(20)35)22-11-6-17(26)12-21(22)27/h2-12,14H,13H2,1H3,(H,31,34). The van der Waals surface area contributed by atoms with Gasteiger partial charge in [-0.2, -0.15) is 13.2 Å². The summed E-state index contributed by atoms with van der Waals surface area (Å²) in [5, 5.41) is 2.96. The average Bonchev–Trinajstić information content (AvgIpc) is 3.14. The van der Waals surface area contributed by atoms with E-state index in [1.165, 1.54) is 65.5 Å². The molecule has 0 saturated heterocycles. The molecule has 1 heterocycles. The molecule has 0 atom stereocenters. The molecule has 0 saturated carbocycles. The van der Waals surface area contributed by atoms with Gasteiger partial charge in [0.25, 0.3) is 11.5 Å². The molecule has 0 aliphatic rings. The number of anilines is 1. The van der Waals surface area contributed by atoms with E-state index in [1.807, 2.05) is 0 Å². The highest BCUT2D eigenvalue weighted by Crippen LogP contribution is 2.29. The van der Waals surface area contributed by atoms with Crippen molar-refractivity contribution in [2.45, 2.75) is 17.6 Å². The number of nitrogens with zero attached hydrogens (tertiary/aromatic N) is 2. The van der Waals surface area contributed by atoms with Crippen molar-refractivity contribution in [1.82, 2.24) is 9.36 Å². The summed E-state index contributed by atoms with van der Waals surface area (Å²) in [7, 11) is -3.44. The molecule has 4 rings (SSSR count). The number of halogens is 5. The first-order valence-electron chi connectivity index (χ1n) is 10.8. The lowest BCUT2D eigenvalue weighted by atomic mass is 10.1. The van der Waals surface area contributed by atoms with Crippen LogP contribution in [0.2, 0.25) is 10.0 Å². The summed E-state index contributed by atoms with van der Waals surface area (Å²) in [6.07, 6.45) is -2.20. The van der Waals surface area contributed by atoms with Gasteiger partial charge in [0, 0.05) is 23.2 Å². The Kier molecular flexibility index (Phi) is 7.46. The Morgan fingerprint density at radius 2 is 1.61 bits per heavy atom. The maximum Gasteiger partial charge on any atom is 0.416 e. The smallest absolute Gasteiger partial charge is 0.322 e. The largest absolute Gasteiger partial charge is 0.416 e. The second-order valence-electron chi connectivity index (χ2n) is 8.30. The molecule has 0 aliphatic carbocycles. The molecule has 4 aromatic rings. The number of benzene rings is 3. The summed E-state index contributed by atoms with van der Waals surface area (Å²) in [5.41, 5.74) is -0.983. The van der Waals surface area contributed by atoms with E-state index < -0.39 is 33.0 Å². The summed E-state index contributed by atoms with van der Waals surface area (Å²) in [6.45, 7) is -0.0668. The van der Waals surface area contributed by atoms with Crippen LogP contribution in [-0.4, -0.2) is 29.9 Å². The minimum Gasteiger partial charge on any atom is -0.322 e. The Morgan fingerprint density at radius 3 is 2.16 bits per heavy atom. The van der Waals surface area contributed by atoms with Gasteiger partial charge < -0.3 is 5.32 Å². The maximum absolute atomic E-state index is 13.4. The number of rotatable bonds is 6. The van der Waals surface area contributed by atoms with E-state index in [0.29, 0.717) is 10.6 Å². The number of aromatic nitrogens is 2. The molecule has 1 N–H and O–H groups in total. The van der Waals surface area contributed by atoms with E-state index in [4.69, 9.17) is 23.2 Å². The maximum atomic E-state index is 13.4. The summed E-state index contributed by atoms with van der Waals surface area (Å²) >= 11 is 12.3. The van der Waals surface area contributed by atoms with E-state index in [9.17, 15) is 31.2 Å². The lowest BCUT2D eigenvalue weighted by Gasteiger charge is -2.14. The van der Waals surface area contributed by atoms with Crippen LogP contribution in [-0.2, 0) is 22.6 Å². The van der Waals surface area contributed by atoms with E-state index in [-0.39, 0.29) is 33.4 Å². The van der Waals surface area contributed by atoms with Gasteiger partial charge in [-0.3, -0.25) is 14.3 Å². The lowest BCUT2D eigenvalue weighted by molar-refractivity contribution is -0.137. The van der Waals surface area contributed by atoms with E-state index >= 15 is 0 Å². The van der Waals surface area contributed by atoms with Crippen molar-refractivity contribution in [3.8, 4) is 5.69 Å². The normalized spacial score (nSPS) is 11.9. The summed E-state index contributed by atoms with van der Waals surface area (Å²) in [4.78, 5) is 26.5. The SMILES string of the molecule is CS(=O)(=O)c1ccc(NC(=O)c2cn(Cc3ccc(C(F)(F)F)cc3)n(-c3ccc(Cl)cc3Cl)c2=O)cc1. The lowest BCUT2D eigenvalue weighted by Crippen LogP contribution is -2.26. The second-order valence-corrected chi connectivity index (χ2v) is 11.2. The Labute approximate surface area is 224 Å². The van der Waals surface area contributed by atoms with Crippen LogP contribution < -0.4 is 10.9 Å². The molecule has 0 bridgehead atoms. The molecule has 0 aliphatic heterocycles. The van der Waals surface area contributed by atoms with Gasteiger partial charge in [-0.25, -0.2) is 13.1 Å². The van der Waals surface area contributed by atoms with Crippen LogP contribution in [0.4, 0.5) is 18.9 Å². The topological polar surface area (TPSA) is 90.2 Å². The summed E-state index contributed by atoms with van der Waals surface area (Å²) in [6, 6.07) is 14.1. The van der Waals surface area contributed by atoms with Gasteiger partial charge in [-0.1, -0.05) is 35.3 Å². The Balaban J connectivity index is 1.73. The zero-order valence-electron chi connectivity index (χ0n) is 19.5. The van der Waals surface area contributed by atoms with Gasteiger partial charge in [0.1, 0.15) is 5.56 Å². The fraction of sp³-hybridized carbons (Fsp3) is 0.120. The van der Waals surface area contributed by atoms with Gasteiger partial charge in [0.2, 0.25) is 0 Å². The predicted molar refractivity (Wildman–Crippen MR) is 138 cm³/mol. The van der Waals surface area contributed by atoms with Gasteiger partial charge in [0.05, 0.1) is 27.7 Å². The van der Waals surface area contributed by atoms with Crippen molar-refractivity contribution < 1.29 is 26.4 Å². The number of carbonyl (C=O) groups excluding carboxylic acids is 1. The van der Waals surface area contributed by atoms with Crippen molar-refractivity contribution in [3.63, 3.8) is 0 Å². The second kappa shape index (κ2) is 10.3. The fourth-order valence-electron chi connectivity index (χ4n) is 3.64. The van der Waals surface area contributed by atoms with Crippen molar-refractivity contribution >= 4 is 44.6 Å². The number of hydrogen-bond donors (Lipinski definition) is 1. The van der Waals surface area contributed by atoms with Crippen LogP contribution in [0, 0.1) is 0 Å². The first-order chi connectivity index (χ1) is 17.7. The number of nitrogens with one attached hydrogen (secondary N) is 1. The highest BCUT2D eigenvalue weighted by Gasteiger charge is 2.30. The first kappa shape index (κ1) is 27.5. The van der Waals surface area contributed by atoms with Crippen LogP contribution in [0.1, 0.15) is 21.5 Å². The molecule has 1 amide bonds. The molecule has 1 aromatic heterocycles. The molecule has 198 valence electrons. The van der Waals surface area contributed by atoms with Gasteiger partial charge in [0.15, 0.2) is 9.84 Å². The molecule has 0 fully saturated rings. The van der Waals surface area contributed by atoms with Gasteiger partial charge in [-0.15, -0.1) is 0 Å². The molecule has 3 aromatic carbocycles. The zero-order chi connectivity index (χ0) is 27.8. The van der Waals surface area contributed by atoms with Crippen LogP contribution >= 0.6 is 23.2 Å². The molecule has 0 unspecified atom stereocenters. The predicted octanol–water partition coefficient (Wildman–Crippen LogP) is 5.67. The Morgan fingerprint density at radius 1 is 0.974 bits per heavy atom. The quantitative estimate of drug-likeness (QED) is 0.317. The average molecular weight is 584 g/mol. The van der Waals surface area contributed by atoms with Crippen LogP contribution in [0.5, 0.6) is 0 Å². The van der Waals surface area contributed by atoms with Gasteiger partial charge >= 0.3 is 6.18 Å². The number of sulfone groups is 1. The molecular formula is C25H18Cl2F3N3O4S. The molecule has 13 heteroatoms. The van der Waals surface area contributed by atoms with E-state index in [2.05, 4.69) is 5.32 Å². The van der Waals surface area contributed by atoms with Crippen molar-refractivity contribution in [2.24, 2.45) is 0 Å². The molecular weight excluding hydrogens is 566 g/mol. The monoisotopic (exact) mass is 583 g/mol. The van der Waals surface area contributed by atoms with E-state index in [1.54, 1.807) is 0 Å². The van der Waals surface area contributed by atoms with Crippen LogP contribution in [0.15, 0.2) is 82.6 Å². The molecule has 38 heavy (non-hydrogen) atoms.